The van der Waals surface area contributed by atoms with Crippen molar-refractivity contribution >= 4 is 42.3 Å². The van der Waals surface area contributed by atoms with Crippen LogP contribution in [-0.4, -0.2) is 11.1 Å². The lowest BCUT2D eigenvalue weighted by molar-refractivity contribution is -0.132. The van der Waals surface area contributed by atoms with Gasteiger partial charge in [-0.05, 0) is 40.5 Å². The highest BCUT2D eigenvalue weighted by Gasteiger charge is 2.08. The van der Waals surface area contributed by atoms with Crippen molar-refractivity contribution in [3.05, 3.63) is 39.9 Å². The topological polar surface area (TPSA) is 37.3 Å². The predicted molar refractivity (Wildman–Crippen MR) is 63.3 cm³/mol. The third kappa shape index (κ3) is 2.69. The molecule has 0 fully saturated rings. The Kier molecular flexibility index (Phi) is 3.89. The fraction of sp³-hybridized carbons (Fsp3) is 0.100. The molecule has 14 heavy (non-hydrogen) atoms. The van der Waals surface area contributed by atoms with Crippen molar-refractivity contribution in [3.63, 3.8) is 0 Å². The number of carboxylic acid groups (broad SMARTS) is 1. The second-order valence-electron chi connectivity index (χ2n) is 2.75. The van der Waals surface area contributed by atoms with E-state index in [2.05, 4.69) is 31.9 Å². The van der Waals surface area contributed by atoms with Gasteiger partial charge in [-0.1, -0.05) is 28.1 Å². The van der Waals surface area contributed by atoms with E-state index < -0.39 is 5.97 Å². The number of hydrogen-bond acceptors (Lipinski definition) is 1. The second kappa shape index (κ2) is 4.75. The maximum Gasteiger partial charge on any atom is 0.332 e. The second-order valence-corrected chi connectivity index (χ2v) is 4.46. The quantitative estimate of drug-likeness (QED) is 0.845. The van der Waals surface area contributed by atoms with Gasteiger partial charge in [0.25, 0.3) is 0 Å². The number of carboxylic acids is 1. The summed E-state index contributed by atoms with van der Waals surface area (Å²) in [6.07, 6.45) is 0. The van der Waals surface area contributed by atoms with Crippen molar-refractivity contribution in [3.8, 4) is 0 Å². The number of aliphatic carboxylic acids is 1. The standard InChI is InChI=1S/C10H8Br2O2/c1-6(10(13)14)9(12)7-2-4-8(11)5-3-7/h2-5H,1H3,(H,13,14)/b9-6-. The average Bonchev–Trinajstić information content (AvgIpc) is 2.16. The van der Waals surface area contributed by atoms with E-state index in [4.69, 9.17) is 5.11 Å². The van der Waals surface area contributed by atoms with Gasteiger partial charge in [0.1, 0.15) is 0 Å². The SMILES string of the molecule is C/C(C(=O)O)=C(/Br)c1ccc(Br)cc1. The summed E-state index contributed by atoms with van der Waals surface area (Å²) >= 11 is 6.57. The van der Waals surface area contributed by atoms with E-state index in [1.54, 1.807) is 6.92 Å². The van der Waals surface area contributed by atoms with Crippen LogP contribution in [0.2, 0.25) is 0 Å². The summed E-state index contributed by atoms with van der Waals surface area (Å²) in [5, 5.41) is 8.77. The molecule has 1 aromatic carbocycles. The number of carbonyl (C=O) groups is 1. The Morgan fingerprint density at radius 3 is 2.21 bits per heavy atom. The van der Waals surface area contributed by atoms with Crippen molar-refractivity contribution in [2.24, 2.45) is 0 Å². The number of benzene rings is 1. The van der Waals surface area contributed by atoms with Crippen LogP contribution >= 0.6 is 31.9 Å². The maximum absolute atomic E-state index is 10.7. The molecule has 0 atom stereocenters. The Balaban J connectivity index is 3.12. The minimum atomic E-state index is -0.917. The Morgan fingerprint density at radius 1 is 1.29 bits per heavy atom. The Hall–Kier alpha value is -0.610. The molecule has 0 saturated heterocycles. The van der Waals surface area contributed by atoms with Gasteiger partial charge in [0.2, 0.25) is 0 Å². The zero-order valence-electron chi connectivity index (χ0n) is 7.42. The summed E-state index contributed by atoms with van der Waals surface area (Å²) in [5.74, 6) is -0.917. The van der Waals surface area contributed by atoms with Crippen LogP contribution in [-0.2, 0) is 4.79 Å². The van der Waals surface area contributed by atoms with Gasteiger partial charge in [0.05, 0.1) is 0 Å². The van der Waals surface area contributed by atoms with Gasteiger partial charge in [-0.2, -0.15) is 0 Å². The highest BCUT2D eigenvalue weighted by atomic mass is 79.9. The molecule has 1 aromatic rings. The fourth-order valence-corrected chi connectivity index (χ4v) is 1.60. The van der Waals surface area contributed by atoms with Crippen molar-refractivity contribution < 1.29 is 9.90 Å². The van der Waals surface area contributed by atoms with Crippen LogP contribution in [0.3, 0.4) is 0 Å². The van der Waals surface area contributed by atoms with Crippen LogP contribution in [0.4, 0.5) is 0 Å². The van der Waals surface area contributed by atoms with Crippen LogP contribution in [0.1, 0.15) is 12.5 Å². The largest absolute Gasteiger partial charge is 0.478 e. The van der Waals surface area contributed by atoms with Crippen LogP contribution < -0.4 is 0 Å². The number of hydrogen-bond donors (Lipinski definition) is 1. The molecule has 0 aromatic heterocycles. The van der Waals surface area contributed by atoms with Crippen molar-refractivity contribution in [1.82, 2.24) is 0 Å². The van der Waals surface area contributed by atoms with Gasteiger partial charge in [0.15, 0.2) is 0 Å². The Bertz CT molecular complexity index is 380. The van der Waals surface area contributed by atoms with E-state index in [1.165, 1.54) is 0 Å². The zero-order valence-corrected chi connectivity index (χ0v) is 10.6. The molecule has 0 aliphatic rings. The minimum absolute atomic E-state index is 0.298. The summed E-state index contributed by atoms with van der Waals surface area (Å²) in [4.78, 5) is 10.7. The molecular formula is C10H8Br2O2. The molecule has 0 radical (unpaired) electrons. The highest BCUT2D eigenvalue weighted by molar-refractivity contribution is 9.15. The first-order valence-corrected chi connectivity index (χ1v) is 5.46. The van der Waals surface area contributed by atoms with Gasteiger partial charge in [-0.25, -0.2) is 4.79 Å². The van der Waals surface area contributed by atoms with Gasteiger partial charge in [-0.3, -0.25) is 0 Å². The summed E-state index contributed by atoms with van der Waals surface area (Å²) in [5.41, 5.74) is 1.15. The van der Waals surface area contributed by atoms with Crippen LogP contribution in [0.15, 0.2) is 34.3 Å². The van der Waals surface area contributed by atoms with E-state index in [0.29, 0.717) is 10.1 Å². The van der Waals surface area contributed by atoms with Crippen molar-refractivity contribution in [1.29, 1.82) is 0 Å². The van der Waals surface area contributed by atoms with Crippen molar-refractivity contribution in [2.75, 3.05) is 0 Å². The van der Waals surface area contributed by atoms with E-state index in [9.17, 15) is 4.79 Å². The molecule has 0 heterocycles. The van der Waals surface area contributed by atoms with E-state index in [-0.39, 0.29) is 0 Å². The summed E-state index contributed by atoms with van der Waals surface area (Å²) < 4.78 is 1.58. The molecule has 2 nitrogen and oxygen atoms in total. The monoisotopic (exact) mass is 318 g/mol. The molecule has 0 aliphatic carbocycles. The third-order valence-corrected chi connectivity index (χ3v) is 3.33. The summed E-state index contributed by atoms with van der Waals surface area (Å²) in [6.45, 7) is 1.56. The Labute approximate surface area is 98.9 Å². The van der Waals surface area contributed by atoms with Crippen molar-refractivity contribution in [2.45, 2.75) is 6.92 Å². The third-order valence-electron chi connectivity index (χ3n) is 1.75. The van der Waals surface area contributed by atoms with Gasteiger partial charge < -0.3 is 5.11 Å². The number of rotatable bonds is 2. The Morgan fingerprint density at radius 2 is 1.79 bits per heavy atom. The van der Waals surface area contributed by atoms with Gasteiger partial charge >= 0.3 is 5.97 Å². The van der Waals surface area contributed by atoms with E-state index >= 15 is 0 Å². The molecule has 74 valence electrons. The van der Waals surface area contributed by atoms with Gasteiger partial charge in [0, 0.05) is 14.5 Å². The minimum Gasteiger partial charge on any atom is -0.478 e. The van der Waals surface area contributed by atoms with Crippen LogP contribution in [0.25, 0.3) is 4.48 Å². The first-order chi connectivity index (χ1) is 6.52. The maximum atomic E-state index is 10.7. The lowest BCUT2D eigenvalue weighted by Crippen LogP contribution is -1.97. The molecule has 0 spiro atoms. The van der Waals surface area contributed by atoms with E-state index in [0.717, 1.165) is 10.0 Å². The molecule has 0 saturated carbocycles. The molecule has 1 rings (SSSR count). The average molecular weight is 320 g/mol. The lowest BCUT2D eigenvalue weighted by Gasteiger charge is -2.02. The normalized spacial score (nSPS) is 12.2. The van der Waals surface area contributed by atoms with Crippen LogP contribution in [0.5, 0.6) is 0 Å². The molecule has 0 bridgehead atoms. The molecule has 0 unspecified atom stereocenters. The summed E-state index contributed by atoms with van der Waals surface area (Å²) in [7, 11) is 0. The van der Waals surface area contributed by atoms with Crippen LogP contribution in [0, 0.1) is 0 Å². The lowest BCUT2D eigenvalue weighted by atomic mass is 10.1. The highest BCUT2D eigenvalue weighted by Crippen LogP contribution is 2.26. The molecule has 4 heteroatoms. The molecule has 0 amide bonds. The molecule has 0 aliphatic heterocycles. The zero-order chi connectivity index (χ0) is 10.7. The first-order valence-electron chi connectivity index (χ1n) is 3.88. The summed E-state index contributed by atoms with van der Waals surface area (Å²) in [6, 6.07) is 7.43. The molecule has 1 N–H and O–H groups in total. The molecular weight excluding hydrogens is 312 g/mol. The predicted octanol–water partition coefficient (Wildman–Crippen LogP) is 3.66. The number of halogens is 2. The van der Waals surface area contributed by atoms with Gasteiger partial charge in [-0.15, -0.1) is 0 Å². The first kappa shape index (κ1) is 11.5. The van der Waals surface area contributed by atoms with E-state index in [1.807, 2.05) is 24.3 Å². The smallest absolute Gasteiger partial charge is 0.332 e. The fourth-order valence-electron chi connectivity index (χ4n) is 0.907.